The number of ketones is 1. The van der Waals surface area contributed by atoms with Gasteiger partial charge in [-0.05, 0) is 50.2 Å². The predicted octanol–water partition coefficient (Wildman–Crippen LogP) is 4.93. The van der Waals surface area contributed by atoms with E-state index in [0.29, 0.717) is 34.1 Å². The Morgan fingerprint density at radius 1 is 1.16 bits per heavy atom. The van der Waals surface area contributed by atoms with E-state index in [2.05, 4.69) is 4.98 Å². The molecular weight excluding hydrogens is 510 g/mol. The highest BCUT2D eigenvalue weighted by Crippen LogP contribution is 2.65. The summed E-state index contributed by atoms with van der Waals surface area (Å²) in [6.45, 7) is 9.86. The molecular formula is C27H33N3O5S2. The van der Waals surface area contributed by atoms with Crippen molar-refractivity contribution in [2.24, 2.45) is 16.7 Å². The number of fused-ring (bicyclic) bond motifs is 3. The maximum Gasteiger partial charge on any atom is 0.251 e. The first-order chi connectivity index (χ1) is 17.4. The minimum Gasteiger partial charge on any atom is -0.497 e. The molecule has 8 nitrogen and oxygen atoms in total. The van der Waals surface area contributed by atoms with Gasteiger partial charge in [-0.1, -0.05) is 32.5 Å². The van der Waals surface area contributed by atoms with Crippen molar-refractivity contribution in [1.82, 2.24) is 13.9 Å². The molecule has 5 rings (SSSR count). The topological polar surface area (TPSA) is 100 Å². The molecule has 2 aliphatic carbocycles. The monoisotopic (exact) mass is 543 g/mol. The maximum atomic E-state index is 14.4. The molecule has 2 aliphatic rings. The summed E-state index contributed by atoms with van der Waals surface area (Å²) in [6, 6.07) is 5.17. The van der Waals surface area contributed by atoms with Crippen LogP contribution < -0.4 is 9.47 Å². The van der Waals surface area contributed by atoms with Crippen molar-refractivity contribution < 1.29 is 22.7 Å². The number of methoxy groups -OCH3 is 2. The fourth-order valence-corrected chi connectivity index (χ4v) is 10.0. The average molecular weight is 544 g/mol. The van der Waals surface area contributed by atoms with E-state index >= 15 is 0 Å². The lowest BCUT2D eigenvalue weighted by molar-refractivity contribution is -0.127. The zero-order valence-corrected chi connectivity index (χ0v) is 23.9. The second kappa shape index (κ2) is 8.73. The van der Waals surface area contributed by atoms with Gasteiger partial charge in [0.25, 0.3) is 10.0 Å². The zero-order valence-electron chi connectivity index (χ0n) is 22.3. The van der Waals surface area contributed by atoms with Crippen LogP contribution in [0.25, 0.3) is 11.0 Å². The van der Waals surface area contributed by atoms with Gasteiger partial charge in [0.1, 0.15) is 16.7 Å². The van der Waals surface area contributed by atoms with Crippen molar-refractivity contribution in [3.05, 3.63) is 41.2 Å². The van der Waals surface area contributed by atoms with Crippen molar-refractivity contribution in [3.8, 4) is 11.5 Å². The minimum absolute atomic E-state index is 0.185. The van der Waals surface area contributed by atoms with E-state index < -0.39 is 26.1 Å². The number of thioether (sulfide) groups is 1. The van der Waals surface area contributed by atoms with Crippen LogP contribution >= 0.6 is 11.8 Å². The van der Waals surface area contributed by atoms with Gasteiger partial charge < -0.3 is 9.47 Å². The van der Waals surface area contributed by atoms with Crippen LogP contribution in [0.1, 0.15) is 50.4 Å². The van der Waals surface area contributed by atoms with E-state index in [1.807, 2.05) is 34.6 Å². The van der Waals surface area contributed by atoms with Crippen LogP contribution in [-0.4, -0.2) is 47.6 Å². The Bertz CT molecular complexity index is 1530. The van der Waals surface area contributed by atoms with E-state index in [-0.39, 0.29) is 11.7 Å². The molecule has 0 saturated heterocycles. The van der Waals surface area contributed by atoms with Crippen molar-refractivity contribution in [3.63, 3.8) is 0 Å². The smallest absolute Gasteiger partial charge is 0.251 e. The Kier molecular flexibility index (Phi) is 6.14. The number of aromatic nitrogens is 3. The van der Waals surface area contributed by atoms with Gasteiger partial charge in [-0.25, -0.2) is 17.4 Å². The molecule has 37 heavy (non-hydrogen) atoms. The molecule has 2 heterocycles. The van der Waals surface area contributed by atoms with Gasteiger partial charge in [-0.2, -0.15) is 0 Å². The molecule has 0 amide bonds. The van der Waals surface area contributed by atoms with Crippen molar-refractivity contribution in [2.45, 2.75) is 63.6 Å². The third-order valence-electron chi connectivity index (χ3n) is 8.93. The number of carbonyl (C=O) groups is 1. The molecule has 0 N–H and O–H groups in total. The molecule has 2 fully saturated rings. The SMILES string of the molecule is COc1ccc2nc(SCc3ncc(C)c(OC)c3C)n(S(=O)(=O)C3C(=O)C4(C)CCC3C4(C)C)c2c1. The third-order valence-corrected chi connectivity index (χ3v) is 12.1. The average Bonchev–Trinajstić information content (AvgIpc) is 3.38. The first-order valence-corrected chi connectivity index (χ1v) is 14.8. The number of ether oxygens (including phenoxy) is 2. The van der Waals surface area contributed by atoms with Crippen LogP contribution in [0.4, 0.5) is 0 Å². The number of pyridine rings is 1. The number of hydrogen-bond acceptors (Lipinski definition) is 8. The Hall–Kier alpha value is -2.59. The van der Waals surface area contributed by atoms with Crippen LogP contribution in [-0.2, 0) is 20.6 Å². The lowest BCUT2D eigenvalue weighted by Gasteiger charge is -2.32. The summed E-state index contributed by atoms with van der Waals surface area (Å²) in [7, 11) is -0.957. The Morgan fingerprint density at radius 2 is 1.89 bits per heavy atom. The van der Waals surface area contributed by atoms with Gasteiger partial charge in [0.15, 0.2) is 10.9 Å². The second-order valence-corrected chi connectivity index (χ2v) is 13.7. The molecule has 10 heteroatoms. The van der Waals surface area contributed by atoms with Crippen LogP contribution in [0.3, 0.4) is 0 Å². The van der Waals surface area contributed by atoms with E-state index in [1.54, 1.807) is 31.5 Å². The van der Waals surface area contributed by atoms with E-state index in [0.717, 1.165) is 29.0 Å². The molecule has 1 aromatic carbocycles. The highest BCUT2D eigenvalue weighted by Gasteiger charge is 2.69. The molecule has 3 aromatic rings. The molecule has 0 spiro atoms. The third kappa shape index (κ3) is 3.62. The van der Waals surface area contributed by atoms with Gasteiger partial charge in [0.2, 0.25) is 0 Å². The molecule has 198 valence electrons. The lowest BCUT2D eigenvalue weighted by Crippen LogP contribution is -2.41. The number of imidazole rings is 1. The fraction of sp³-hybridized carbons (Fsp3) is 0.519. The van der Waals surface area contributed by atoms with Crippen molar-refractivity contribution in [1.29, 1.82) is 0 Å². The molecule has 2 bridgehead atoms. The van der Waals surface area contributed by atoms with Crippen LogP contribution in [0.2, 0.25) is 0 Å². The summed E-state index contributed by atoms with van der Waals surface area (Å²) < 4.78 is 41.0. The standard InChI is InChI=1S/C27H33N3O5S2/c1-15-13-28-20(16(2)22(15)35-7)14-36-25-29-19-9-8-17(34-6)12-21(19)30(25)37(32,33)23-18-10-11-27(5,24(23)31)26(18,3)4/h8-9,12-13,18,23H,10-11,14H2,1-7H3. The van der Waals surface area contributed by atoms with Crippen LogP contribution in [0.15, 0.2) is 29.6 Å². The number of aryl methyl sites for hydroxylation is 1. The number of carbonyl (C=O) groups excluding carboxylic acids is 1. The molecule has 0 aliphatic heterocycles. The summed E-state index contributed by atoms with van der Waals surface area (Å²) in [6.07, 6.45) is 3.18. The molecule has 0 radical (unpaired) electrons. The number of Topliss-reactive ketones (excluding diaryl/α,β-unsaturated/α-hetero) is 1. The van der Waals surface area contributed by atoms with E-state index in [4.69, 9.17) is 14.5 Å². The number of benzene rings is 1. The van der Waals surface area contributed by atoms with Crippen molar-refractivity contribution in [2.75, 3.05) is 14.2 Å². The zero-order chi connectivity index (χ0) is 26.9. The molecule has 3 unspecified atom stereocenters. The largest absolute Gasteiger partial charge is 0.497 e. The lowest BCUT2D eigenvalue weighted by atomic mass is 9.70. The van der Waals surface area contributed by atoms with Crippen LogP contribution in [0.5, 0.6) is 11.5 Å². The van der Waals surface area contributed by atoms with Crippen molar-refractivity contribution >= 4 is 38.6 Å². The Balaban J connectivity index is 1.63. The summed E-state index contributed by atoms with van der Waals surface area (Å²) >= 11 is 1.29. The normalized spacial score (nSPS) is 24.7. The summed E-state index contributed by atoms with van der Waals surface area (Å²) in [5, 5.41) is -0.800. The second-order valence-electron chi connectivity index (χ2n) is 10.9. The minimum atomic E-state index is -4.12. The first kappa shape index (κ1) is 26.0. The quantitative estimate of drug-likeness (QED) is 0.387. The highest BCUT2D eigenvalue weighted by atomic mass is 32.2. The molecule has 3 atom stereocenters. The fourth-order valence-electron chi connectivity index (χ4n) is 6.29. The highest BCUT2D eigenvalue weighted by molar-refractivity contribution is 7.99. The Morgan fingerprint density at radius 3 is 2.51 bits per heavy atom. The number of hydrogen-bond donors (Lipinski definition) is 0. The summed E-state index contributed by atoms with van der Waals surface area (Å²) in [4.78, 5) is 22.9. The van der Waals surface area contributed by atoms with Gasteiger partial charge in [0, 0.05) is 34.6 Å². The van der Waals surface area contributed by atoms with E-state index in [1.165, 1.54) is 22.8 Å². The summed E-state index contributed by atoms with van der Waals surface area (Å²) in [5.74, 6) is 1.24. The first-order valence-electron chi connectivity index (χ1n) is 12.4. The van der Waals surface area contributed by atoms with E-state index in [9.17, 15) is 13.2 Å². The number of rotatable bonds is 7. The van der Waals surface area contributed by atoms with Gasteiger partial charge in [-0.15, -0.1) is 0 Å². The number of nitrogens with zero attached hydrogens (tertiary/aromatic N) is 3. The summed E-state index contributed by atoms with van der Waals surface area (Å²) in [5.41, 5.74) is 2.50. The van der Waals surface area contributed by atoms with Gasteiger partial charge in [-0.3, -0.25) is 9.78 Å². The predicted molar refractivity (Wildman–Crippen MR) is 144 cm³/mol. The maximum absolute atomic E-state index is 14.4. The van der Waals surface area contributed by atoms with Crippen LogP contribution in [0, 0.1) is 30.6 Å². The van der Waals surface area contributed by atoms with Gasteiger partial charge >= 0.3 is 0 Å². The van der Waals surface area contributed by atoms with Gasteiger partial charge in [0.05, 0.1) is 30.9 Å². The molecule has 2 saturated carbocycles. The molecule has 2 aromatic heterocycles. The Labute approximate surface area is 222 Å².